The molecule has 106 valence electrons. The van der Waals surface area contributed by atoms with Gasteiger partial charge >= 0.3 is 6.18 Å². The van der Waals surface area contributed by atoms with Gasteiger partial charge in [-0.2, -0.15) is 13.2 Å². The summed E-state index contributed by atoms with van der Waals surface area (Å²) >= 11 is 5.58. The molecule has 2 rings (SSSR count). The maximum Gasteiger partial charge on any atom is 0.417 e. The van der Waals surface area contributed by atoms with Crippen LogP contribution < -0.4 is 5.32 Å². The minimum Gasteiger partial charge on any atom is -0.383 e. The zero-order valence-electron chi connectivity index (χ0n) is 10.4. The number of rotatable bonds is 5. The SMILES string of the molecule is COCC(Nc1ccc(Cl)c(C(F)(F)F)c1)C1CC1. The first-order valence-electron chi connectivity index (χ1n) is 6.04. The quantitative estimate of drug-likeness (QED) is 0.878. The van der Waals surface area contributed by atoms with Crippen LogP contribution in [0.3, 0.4) is 0 Å². The number of methoxy groups -OCH3 is 1. The van der Waals surface area contributed by atoms with E-state index in [1.807, 2.05) is 0 Å². The molecule has 1 saturated carbocycles. The summed E-state index contributed by atoms with van der Waals surface area (Å²) in [5.74, 6) is 0.477. The predicted molar refractivity (Wildman–Crippen MR) is 68.5 cm³/mol. The molecule has 1 fully saturated rings. The van der Waals surface area contributed by atoms with E-state index < -0.39 is 11.7 Å². The highest BCUT2D eigenvalue weighted by atomic mass is 35.5. The molecule has 1 aliphatic rings. The Kier molecular flexibility index (Phi) is 4.26. The number of hydrogen-bond acceptors (Lipinski definition) is 2. The number of hydrogen-bond donors (Lipinski definition) is 1. The molecule has 1 atom stereocenters. The molecule has 0 aromatic heterocycles. The number of ether oxygens (including phenoxy) is 1. The van der Waals surface area contributed by atoms with Crippen LogP contribution in [0.2, 0.25) is 5.02 Å². The van der Waals surface area contributed by atoms with Gasteiger partial charge in [0.25, 0.3) is 0 Å². The van der Waals surface area contributed by atoms with E-state index in [4.69, 9.17) is 16.3 Å². The van der Waals surface area contributed by atoms with Crippen LogP contribution in [-0.2, 0) is 10.9 Å². The van der Waals surface area contributed by atoms with E-state index in [0.717, 1.165) is 18.9 Å². The number of anilines is 1. The van der Waals surface area contributed by atoms with E-state index in [1.54, 1.807) is 13.2 Å². The van der Waals surface area contributed by atoms with E-state index in [1.165, 1.54) is 6.07 Å². The summed E-state index contributed by atoms with van der Waals surface area (Å²) in [4.78, 5) is 0. The predicted octanol–water partition coefficient (Wildman–Crippen LogP) is 4.20. The fourth-order valence-electron chi connectivity index (χ4n) is 2.02. The van der Waals surface area contributed by atoms with Crippen molar-refractivity contribution in [2.24, 2.45) is 5.92 Å². The second-order valence-corrected chi connectivity index (χ2v) is 5.14. The molecule has 0 aliphatic heterocycles. The number of nitrogens with one attached hydrogen (secondary N) is 1. The fraction of sp³-hybridized carbons (Fsp3) is 0.538. The maximum absolute atomic E-state index is 12.7. The number of alkyl halides is 3. The highest BCUT2D eigenvalue weighted by molar-refractivity contribution is 6.31. The van der Waals surface area contributed by atoms with Gasteiger partial charge in [-0.05, 0) is 37.0 Å². The Hall–Kier alpha value is -0.940. The first-order chi connectivity index (χ1) is 8.91. The zero-order valence-corrected chi connectivity index (χ0v) is 11.2. The first-order valence-corrected chi connectivity index (χ1v) is 6.42. The van der Waals surface area contributed by atoms with Crippen molar-refractivity contribution in [3.05, 3.63) is 28.8 Å². The minimum atomic E-state index is -4.44. The molecule has 0 spiro atoms. The van der Waals surface area contributed by atoms with Crippen molar-refractivity contribution in [1.82, 2.24) is 0 Å². The van der Waals surface area contributed by atoms with E-state index in [-0.39, 0.29) is 11.1 Å². The zero-order chi connectivity index (χ0) is 14.0. The van der Waals surface area contributed by atoms with Crippen LogP contribution in [0.1, 0.15) is 18.4 Å². The van der Waals surface area contributed by atoms with Crippen LogP contribution in [-0.4, -0.2) is 19.8 Å². The van der Waals surface area contributed by atoms with Gasteiger partial charge in [0.05, 0.1) is 23.2 Å². The highest BCUT2D eigenvalue weighted by Gasteiger charge is 2.34. The van der Waals surface area contributed by atoms with Crippen LogP contribution in [0.4, 0.5) is 18.9 Å². The first kappa shape index (κ1) is 14.5. The Balaban J connectivity index is 2.16. The van der Waals surface area contributed by atoms with Crippen molar-refractivity contribution in [1.29, 1.82) is 0 Å². The van der Waals surface area contributed by atoms with Crippen LogP contribution in [0.25, 0.3) is 0 Å². The van der Waals surface area contributed by atoms with Crippen molar-refractivity contribution in [3.8, 4) is 0 Å². The van der Waals surface area contributed by atoms with E-state index in [9.17, 15) is 13.2 Å². The number of halogens is 4. The molecule has 1 N–H and O–H groups in total. The topological polar surface area (TPSA) is 21.3 Å². The average Bonchev–Trinajstić information content (AvgIpc) is 3.13. The molecule has 0 saturated heterocycles. The third-order valence-electron chi connectivity index (χ3n) is 3.16. The van der Waals surface area contributed by atoms with Gasteiger partial charge in [0.15, 0.2) is 0 Å². The molecule has 0 amide bonds. The van der Waals surface area contributed by atoms with E-state index >= 15 is 0 Å². The molecular weight excluding hydrogens is 279 g/mol. The Morgan fingerprint density at radius 3 is 2.63 bits per heavy atom. The third kappa shape index (κ3) is 3.76. The summed E-state index contributed by atoms with van der Waals surface area (Å²) < 4.78 is 43.3. The van der Waals surface area contributed by atoms with Gasteiger partial charge in [-0.15, -0.1) is 0 Å². The van der Waals surface area contributed by atoms with Gasteiger partial charge in [-0.1, -0.05) is 11.6 Å². The molecule has 1 aromatic rings. The molecule has 1 unspecified atom stereocenters. The lowest BCUT2D eigenvalue weighted by Crippen LogP contribution is -2.27. The Bertz CT molecular complexity index is 446. The largest absolute Gasteiger partial charge is 0.417 e. The van der Waals surface area contributed by atoms with Gasteiger partial charge < -0.3 is 10.1 Å². The molecular formula is C13H15ClF3NO. The molecule has 1 aromatic carbocycles. The van der Waals surface area contributed by atoms with Crippen molar-refractivity contribution in [2.75, 3.05) is 19.0 Å². The van der Waals surface area contributed by atoms with Crippen LogP contribution >= 0.6 is 11.6 Å². The summed E-state index contributed by atoms with van der Waals surface area (Å²) in [5, 5.41) is 2.81. The van der Waals surface area contributed by atoms with E-state index in [2.05, 4.69) is 5.32 Å². The normalized spacial score (nSPS) is 17.3. The molecule has 0 bridgehead atoms. The fourth-order valence-corrected chi connectivity index (χ4v) is 2.24. The Morgan fingerprint density at radius 1 is 1.42 bits per heavy atom. The van der Waals surface area contributed by atoms with Gasteiger partial charge in [0, 0.05) is 12.8 Å². The maximum atomic E-state index is 12.7. The van der Waals surface area contributed by atoms with Crippen molar-refractivity contribution < 1.29 is 17.9 Å². The highest BCUT2D eigenvalue weighted by Crippen LogP contribution is 2.38. The lowest BCUT2D eigenvalue weighted by atomic mass is 10.1. The summed E-state index contributed by atoms with van der Waals surface area (Å²) in [7, 11) is 1.58. The average molecular weight is 294 g/mol. The van der Waals surface area contributed by atoms with Gasteiger partial charge in [0.2, 0.25) is 0 Å². The summed E-state index contributed by atoms with van der Waals surface area (Å²) in [6.45, 7) is 0.481. The molecule has 2 nitrogen and oxygen atoms in total. The van der Waals surface area contributed by atoms with Crippen molar-refractivity contribution in [2.45, 2.75) is 25.1 Å². The van der Waals surface area contributed by atoms with Crippen LogP contribution in [0, 0.1) is 5.92 Å². The van der Waals surface area contributed by atoms with Crippen LogP contribution in [0.5, 0.6) is 0 Å². The lowest BCUT2D eigenvalue weighted by molar-refractivity contribution is -0.137. The Morgan fingerprint density at radius 2 is 2.11 bits per heavy atom. The van der Waals surface area contributed by atoms with Crippen LogP contribution in [0.15, 0.2) is 18.2 Å². The molecule has 19 heavy (non-hydrogen) atoms. The van der Waals surface area contributed by atoms with Gasteiger partial charge in [0.1, 0.15) is 0 Å². The van der Waals surface area contributed by atoms with Gasteiger partial charge in [-0.25, -0.2) is 0 Å². The standard InChI is InChI=1S/C13H15ClF3NO/c1-19-7-12(8-2-3-8)18-9-4-5-11(14)10(6-9)13(15,16)17/h4-6,8,12,18H,2-3,7H2,1H3. The smallest absolute Gasteiger partial charge is 0.383 e. The van der Waals surface area contributed by atoms with Crippen molar-refractivity contribution >= 4 is 17.3 Å². The second kappa shape index (κ2) is 5.59. The molecule has 6 heteroatoms. The van der Waals surface area contributed by atoms with Crippen molar-refractivity contribution in [3.63, 3.8) is 0 Å². The molecule has 0 heterocycles. The molecule has 0 radical (unpaired) electrons. The number of benzene rings is 1. The summed E-state index contributed by atoms with van der Waals surface area (Å²) in [6.07, 6.45) is -2.27. The second-order valence-electron chi connectivity index (χ2n) is 4.74. The lowest BCUT2D eigenvalue weighted by Gasteiger charge is -2.20. The minimum absolute atomic E-state index is 0.0484. The summed E-state index contributed by atoms with van der Waals surface area (Å²) in [5.41, 5.74) is -0.392. The van der Waals surface area contributed by atoms with Gasteiger partial charge in [-0.3, -0.25) is 0 Å². The monoisotopic (exact) mass is 293 g/mol. The van der Waals surface area contributed by atoms with E-state index in [0.29, 0.717) is 18.2 Å². The Labute approximate surface area is 114 Å². The molecule has 1 aliphatic carbocycles. The third-order valence-corrected chi connectivity index (χ3v) is 3.49. The summed E-state index contributed by atoms with van der Waals surface area (Å²) in [6, 6.07) is 3.92.